The first kappa shape index (κ1) is 13.1. The van der Waals surface area contributed by atoms with Crippen LogP contribution in [0.15, 0.2) is 18.5 Å². The zero-order valence-electron chi connectivity index (χ0n) is 12.2. The zero-order chi connectivity index (χ0) is 13.2. The van der Waals surface area contributed by atoms with Crippen molar-refractivity contribution < 1.29 is 0 Å². The molecule has 0 aromatic carbocycles. The summed E-state index contributed by atoms with van der Waals surface area (Å²) in [6.45, 7) is 5.46. The summed E-state index contributed by atoms with van der Waals surface area (Å²) in [5.74, 6) is 3.01. The Morgan fingerprint density at radius 1 is 1.37 bits per heavy atom. The summed E-state index contributed by atoms with van der Waals surface area (Å²) in [6, 6.07) is 2.64. The van der Waals surface area contributed by atoms with E-state index in [4.69, 9.17) is 0 Å². The molecule has 1 aromatic rings. The number of nitrogens with zero attached hydrogens (tertiary/aromatic N) is 1. The first-order valence-corrected chi connectivity index (χ1v) is 7.91. The number of aryl methyl sites for hydroxylation is 1. The van der Waals surface area contributed by atoms with Gasteiger partial charge in [-0.15, -0.1) is 0 Å². The standard InChI is InChI=1S/C17H26N2/c1-3-19-17(16-11-18-7-6-12(16)2)10-15-9-13-4-5-14(15)8-13/h6-7,11,13-15,17,19H,3-5,8-10H2,1-2H3. The number of aromatic nitrogens is 1. The fraction of sp³-hybridized carbons (Fsp3) is 0.706. The van der Waals surface area contributed by atoms with E-state index >= 15 is 0 Å². The van der Waals surface area contributed by atoms with E-state index in [9.17, 15) is 0 Å². The molecule has 4 atom stereocenters. The highest BCUT2D eigenvalue weighted by atomic mass is 14.9. The van der Waals surface area contributed by atoms with Crippen molar-refractivity contribution in [3.63, 3.8) is 0 Å². The van der Waals surface area contributed by atoms with Gasteiger partial charge in [-0.2, -0.15) is 0 Å². The Hall–Kier alpha value is -0.890. The molecule has 104 valence electrons. The Labute approximate surface area is 117 Å². The van der Waals surface area contributed by atoms with Gasteiger partial charge in [-0.25, -0.2) is 0 Å². The maximum absolute atomic E-state index is 4.33. The summed E-state index contributed by atoms with van der Waals surface area (Å²) in [4.78, 5) is 4.33. The third-order valence-corrected chi connectivity index (χ3v) is 5.33. The van der Waals surface area contributed by atoms with Gasteiger partial charge in [-0.3, -0.25) is 4.98 Å². The van der Waals surface area contributed by atoms with Crippen molar-refractivity contribution in [2.75, 3.05) is 6.54 Å². The largest absolute Gasteiger partial charge is 0.310 e. The first-order valence-electron chi connectivity index (χ1n) is 7.91. The van der Waals surface area contributed by atoms with Gasteiger partial charge in [0.1, 0.15) is 0 Å². The van der Waals surface area contributed by atoms with Gasteiger partial charge in [0.25, 0.3) is 0 Å². The molecule has 3 rings (SSSR count). The monoisotopic (exact) mass is 258 g/mol. The average Bonchev–Trinajstić information content (AvgIpc) is 3.01. The Bertz CT molecular complexity index is 429. The van der Waals surface area contributed by atoms with Crippen LogP contribution in [0.4, 0.5) is 0 Å². The topological polar surface area (TPSA) is 24.9 Å². The lowest BCUT2D eigenvalue weighted by molar-refractivity contribution is 0.280. The van der Waals surface area contributed by atoms with Crippen LogP contribution >= 0.6 is 0 Å². The normalized spacial score (nSPS) is 30.7. The van der Waals surface area contributed by atoms with E-state index in [1.54, 1.807) is 0 Å². The van der Waals surface area contributed by atoms with Crippen molar-refractivity contribution in [2.24, 2.45) is 17.8 Å². The van der Waals surface area contributed by atoms with Gasteiger partial charge in [0.05, 0.1) is 0 Å². The minimum Gasteiger partial charge on any atom is -0.310 e. The van der Waals surface area contributed by atoms with Crippen molar-refractivity contribution in [3.8, 4) is 0 Å². The number of hydrogen-bond acceptors (Lipinski definition) is 2. The van der Waals surface area contributed by atoms with E-state index in [1.807, 2.05) is 6.20 Å². The quantitative estimate of drug-likeness (QED) is 0.867. The Morgan fingerprint density at radius 2 is 2.26 bits per heavy atom. The van der Waals surface area contributed by atoms with E-state index in [-0.39, 0.29) is 0 Å². The lowest BCUT2D eigenvalue weighted by Gasteiger charge is -2.28. The molecule has 4 unspecified atom stereocenters. The van der Waals surface area contributed by atoms with Crippen molar-refractivity contribution >= 4 is 0 Å². The SMILES string of the molecule is CCNC(CC1CC2CCC1C2)c1cnccc1C. The van der Waals surface area contributed by atoms with Crippen LogP contribution in [0.3, 0.4) is 0 Å². The number of rotatable bonds is 5. The molecule has 19 heavy (non-hydrogen) atoms. The van der Waals surface area contributed by atoms with Crippen LogP contribution in [0, 0.1) is 24.7 Å². The van der Waals surface area contributed by atoms with Crippen LogP contribution in [-0.4, -0.2) is 11.5 Å². The van der Waals surface area contributed by atoms with E-state index in [0.29, 0.717) is 6.04 Å². The van der Waals surface area contributed by atoms with Gasteiger partial charge >= 0.3 is 0 Å². The molecule has 2 nitrogen and oxygen atoms in total. The molecule has 0 aliphatic heterocycles. The van der Waals surface area contributed by atoms with Crippen LogP contribution in [0.5, 0.6) is 0 Å². The molecule has 0 spiro atoms. The van der Waals surface area contributed by atoms with Crippen LogP contribution < -0.4 is 5.32 Å². The molecule has 2 heteroatoms. The highest BCUT2D eigenvalue weighted by molar-refractivity contribution is 5.25. The highest BCUT2D eigenvalue weighted by Crippen LogP contribution is 2.51. The van der Waals surface area contributed by atoms with Gasteiger partial charge in [0.15, 0.2) is 0 Å². The maximum Gasteiger partial charge on any atom is 0.0340 e. The van der Waals surface area contributed by atoms with Gasteiger partial charge < -0.3 is 5.32 Å². The van der Waals surface area contributed by atoms with Crippen molar-refractivity contribution in [2.45, 2.75) is 52.0 Å². The van der Waals surface area contributed by atoms with Crippen LogP contribution in [0.2, 0.25) is 0 Å². The molecule has 2 bridgehead atoms. The summed E-state index contributed by atoms with van der Waals surface area (Å²) in [7, 11) is 0. The van der Waals surface area contributed by atoms with Crippen molar-refractivity contribution in [1.82, 2.24) is 10.3 Å². The lowest BCUT2D eigenvalue weighted by atomic mass is 9.82. The van der Waals surface area contributed by atoms with Crippen LogP contribution in [0.1, 0.15) is 56.2 Å². The predicted molar refractivity (Wildman–Crippen MR) is 78.9 cm³/mol. The lowest BCUT2D eigenvalue weighted by Crippen LogP contribution is -2.26. The van der Waals surface area contributed by atoms with E-state index in [1.165, 1.54) is 43.2 Å². The van der Waals surface area contributed by atoms with Crippen molar-refractivity contribution in [1.29, 1.82) is 0 Å². The highest BCUT2D eigenvalue weighted by Gasteiger charge is 2.40. The van der Waals surface area contributed by atoms with Crippen LogP contribution in [-0.2, 0) is 0 Å². The van der Waals surface area contributed by atoms with Gasteiger partial charge in [0.2, 0.25) is 0 Å². The number of hydrogen-bond donors (Lipinski definition) is 1. The molecule has 1 N–H and O–H groups in total. The van der Waals surface area contributed by atoms with E-state index < -0.39 is 0 Å². The summed E-state index contributed by atoms with van der Waals surface area (Å²) in [6.07, 6.45) is 11.2. The Balaban J connectivity index is 1.73. The van der Waals surface area contributed by atoms with E-state index in [2.05, 4.69) is 36.4 Å². The molecule has 1 aromatic heterocycles. The van der Waals surface area contributed by atoms with Gasteiger partial charge in [-0.1, -0.05) is 13.3 Å². The molecular weight excluding hydrogens is 232 g/mol. The third-order valence-electron chi connectivity index (χ3n) is 5.33. The summed E-state index contributed by atoms with van der Waals surface area (Å²) < 4.78 is 0. The second-order valence-corrected chi connectivity index (χ2v) is 6.51. The molecule has 1 heterocycles. The fourth-order valence-corrected chi connectivity index (χ4v) is 4.38. The second-order valence-electron chi connectivity index (χ2n) is 6.51. The van der Waals surface area contributed by atoms with Crippen LogP contribution in [0.25, 0.3) is 0 Å². The molecule has 0 radical (unpaired) electrons. The second kappa shape index (κ2) is 5.62. The first-order chi connectivity index (χ1) is 9.28. The molecule has 0 amide bonds. The Morgan fingerprint density at radius 3 is 2.89 bits per heavy atom. The minimum absolute atomic E-state index is 0.503. The summed E-state index contributed by atoms with van der Waals surface area (Å²) >= 11 is 0. The number of pyridine rings is 1. The molecule has 2 saturated carbocycles. The minimum atomic E-state index is 0.503. The third kappa shape index (κ3) is 2.69. The smallest absolute Gasteiger partial charge is 0.0340 e. The summed E-state index contributed by atoms with van der Waals surface area (Å²) in [5.41, 5.74) is 2.79. The van der Waals surface area contributed by atoms with E-state index in [0.717, 1.165) is 24.3 Å². The number of fused-ring (bicyclic) bond motifs is 2. The molecule has 2 fully saturated rings. The average molecular weight is 258 g/mol. The fourth-order valence-electron chi connectivity index (χ4n) is 4.38. The maximum atomic E-state index is 4.33. The molecule has 2 aliphatic carbocycles. The summed E-state index contributed by atoms with van der Waals surface area (Å²) in [5, 5.41) is 3.69. The van der Waals surface area contributed by atoms with Gasteiger partial charge in [-0.05, 0) is 74.1 Å². The number of nitrogens with one attached hydrogen (secondary N) is 1. The molecule has 0 saturated heterocycles. The van der Waals surface area contributed by atoms with Crippen molar-refractivity contribution in [3.05, 3.63) is 29.6 Å². The predicted octanol–water partition coefficient (Wildman–Crippen LogP) is 3.87. The van der Waals surface area contributed by atoms with Gasteiger partial charge in [0, 0.05) is 18.4 Å². The molecular formula is C17H26N2. The Kier molecular flexibility index (Phi) is 3.88. The zero-order valence-corrected chi connectivity index (χ0v) is 12.2. The molecule has 2 aliphatic rings.